The Morgan fingerprint density at radius 3 is 2.36 bits per heavy atom. The van der Waals surface area contributed by atoms with Gasteiger partial charge in [0.1, 0.15) is 0 Å². The van der Waals surface area contributed by atoms with E-state index in [0.29, 0.717) is 0 Å². The lowest BCUT2D eigenvalue weighted by Crippen LogP contribution is -1.84. The molecule has 0 spiro atoms. The van der Waals surface area contributed by atoms with E-state index >= 15 is 0 Å². The van der Waals surface area contributed by atoms with Gasteiger partial charge in [-0.2, -0.15) is 0 Å². The number of hydrogen-bond acceptors (Lipinski definition) is 0. The van der Waals surface area contributed by atoms with Crippen LogP contribution in [0, 0.1) is 13.8 Å². The lowest BCUT2D eigenvalue weighted by molar-refractivity contribution is 1.11. The second-order valence-electron chi connectivity index (χ2n) is 3.62. The van der Waals surface area contributed by atoms with E-state index in [4.69, 9.17) is 0 Å². The van der Waals surface area contributed by atoms with Gasteiger partial charge in [0.05, 0.1) is 0 Å². The van der Waals surface area contributed by atoms with Crippen molar-refractivity contribution in [3.05, 3.63) is 34.9 Å². The summed E-state index contributed by atoms with van der Waals surface area (Å²) in [6, 6.07) is 6.86. The van der Waals surface area contributed by atoms with Crippen LogP contribution in [0.1, 0.15) is 35.4 Å². The Morgan fingerprint density at radius 2 is 1.82 bits per heavy atom. The van der Waals surface area contributed by atoms with Crippen molar-refractivity contribution < 1.29 is 0 Å². The quantitative estimate of drug-likeness (QED) is 0.570. The molecule has 0 heteroatoms. The van der Waals surface area contributed by atoms with Gasteiger partial charge in [-0.15, -0.1) is 0 Å². The molecule has 2 rings (SSSR count). The van der Waals surface area contributed by atoms with Crippen LogP contribution in [0.3, 0.4) is 0 Å². The van der Waals surface area contributed by atoms with Crippen molar-refractivity contribution in [2.24, 2.45) is 0 Å². The van der Waals surface area contributed by atoms with E-state index in [1.807, 2.05) is 0 Å². The Balaban J connectivity index is 2.36. The Morgan fingerprint density at radius 1 is 1.09 bits per heavy atom. The molecule has 0 heterocycles. The minimum absolute atomic E-state index is 0.897. The molecule has 58 valence electrons. The van der Waals surface area contributed by atoms with E-state index in [0.717, 1.165) is 5.92 Å². The average Bonchev–Trinajstić information content (AvgIpc) is 2.77. The van der Waals surface area contributed by atoms with Crippen LogP contribution < -0.4 is 0 Å². The van der Waals surface area contributed by atoms with Gasteiger partial charge in [-0.05, 0) is 49.3 Å². The van der Waals surface area contributed by atoms with Crippen molar-refractivity contribution >= 4 is 0 Å². The minimum atomic E-state index is 0.897. The molecule has 1 aliphatic carbocycles. The van der Waals surface area contributed by atoms with E-state index in [2.05, 4.69) is 32.0 Å². The van der Waals surface area contributed by atoms with Gasteiger partial charge in [-0.25, -0.2) is 0 Å². The lowest BCUT2D eigenvalue weighted by Gasteiger charge is -2.02. The van der Waals surface area contributed by atoms with Gasteiger partial charge < -0.3 is 0 Å². The van der Waals surface area contributed by atoms with Gasteiger partial charge >= 0.3 is 0 Å². The fourth-order valence-corrected chi connectivity index (χ4v) is 1.44. The average molecular weight is 146 g/mol. The smallest absolute Gasteiger partial charge is 0.0161 e. The molecular weight excluding hydrogens is 132 g/mol. The first kappa shape index (κ1) is 6.90. The van der Waals surface area contributed by atoms with Gasteiger partial charge in [0.15, 0.2) is 0 Å². The second kappa shape index (κ2) is 2.37. The molecule has 1 saturated carbocycles. The van der Waals surface area contributed by atoms with Crippen LogP contribution in [-0.4, -0.2) is 0 Å². The topological polar surface area (TPSA) is 0 Å². The van der Waals surface area contributed by atoms with Crippen molar-refractivity contribution in [3.63, 3.8) is 0 Å². The van der Waals surface area contributed by atoms with Crippen LogP contribution in [0.25, 0.3) is 0 Å². The predicted molar refractivity (Wildman–Crippen MR) is 47.9 cm³/mol. The Hall–Kier alpha value is -0.780. The van der Waals surface area contributed by atoms with Crippen molar-refractivity contribution in [1.82, 2.24) is 0 Å². The molecule has 1 aromatic carbocycles. The summed E-state index contributed by atoms with van der Waals surface area (Å²) >= 11 is 0. The summed E-state index contributed by atoms with van der Waals surface area (Å²) in [6.45, 7) is 4.37. The monoisotopic (exact) mass is 146 g/mol. The first-order valence-corrected chi connectivity index (χ1v) is 4.34. The van der Waals surface area contributed by atoms with Gasteiger partial charge in [-0.1, -0.05) is 18.2 Å². The zero-order valence-electron chi connectivity index (χ0n) is 7.22. The lowest BCUT2D eigenvalue weighted by atomic mass is 10.0. The third-order valence-electron chi connectivity index (χ3n) is 2.58. The summed E-state index contributed by atoms with van der Waals surface area (Å²) in [5.41, 5.74) is 4.40. The molecule has 0 bridgehead atoms. The highest BCUT2D eigenvalue weighted by Crippen LogP contribution is 2.40. The second-order valence-corrected chi connectivity index (χ2v) is 3.62. The molecule has 0 nitrogen and oxygen atoms in total. The van der Waals surface area contributed by atoms with E-state index in [-0.39, 0.29) is 0 Å². The molecule has 11 heavy (non-hydrogen) atoms. The summed E-state index contributed by atoms with van der Waals surface area (Å²) in [4.78, 5) is 0. The van der Waals surface area contributed by atoms with E-state index < -0.39 is 0 Å². The number of benzene rings is 1. The molecule has 0 radical (unpaired) electrons. The number of aryl methyl sites for hydroxylation is 2. The first-order chi connectivity index (χ1) is 5.27. The summed E-state index contributed by atoms with van der Waals surface area (Å²) in [6.07, 6.45) is 2.81. The van der Waals surface area contributed by atoms with Gasteiger partial charge in [0, 0.05) is 0 Å². The van der Waals surface area contributed by atoms with Crippen LogP contribution in [0.5, 0.6) is 0 Å². The largest absolute Gasteiger partial charge is 0.0588 e. The zero-order valence-corrected chi connectivity index (χ0v) is 7.22. The van der Waals surface area contributed by atoms with E-state index in [1.165, 1.54) is 24.0 Å². The molecule has 0 amide bonds. The SMILES string of the molecule is Cc1ccc(C2CC2)cc1C. The van der Waals surface area contributed by atoms with Crippen LogP contribution in [0.4, 0.5) is 0 Å². The maximum absolute atomic E-state index is 2.34. The van der Waals surface area contributed by atoms with Crippen LogP contribution >= 0.6 is 0 Å². The van der Waals surface area contributed by atoms with E-state index in [1.54, 1.807) is 5.56 Å². The number of hydrogen-bond donors (Lipinski definition) is 0. The molecule has 0 unspecified atom stereocenters. The third-order valence-corrected chi connectivity index (χ3v) is 2.58. The third kappa shape index (κ3) is 1.30. The van der Waals surface area contributed by atoms with Gasteiger partial charge in [0.25, 0.3) is 0 Å². The Kier molecular flexibility index (Phi) is 1.49. The fourth-order valence-electron chi connectivity index (χ4n) is 1.44. The minimum Gasteiger partial charge on any atom is -0.0588 e. The maximum atomic E-state index is 2.34. The van der Waals surface area contributed by atoms with Gasteiger partial charge in [0.2, 0.25) is 0 Å². The standard InChI is InChI=1S/C11H14/c1-8-3-4-11(7-9(8)2)10-5-6-10/h3-4,7,10H,5-6H2,1-2H3. The molecule has 0 aromatic heterocycles. The fraction of sp³-hybridized carbons (Fsp3) is 0.455. The van der Waals surface area contributed by atoms with Crippen molar-refractivity contribution in [2.45, 2.75) is 32.6 Å². The van der Waals surface area contributed by atoms with Crippen molar-refractivity contribution in [2.75, 3.05) is 0 Å². The highest BCUT2D eigenvalue weighted by Gasteiger charge is 2.23. The van der Waals surface area contributed by atoms with Gasteiger partial charge in [-0.3, -0.25) is 0 Å². The Labute approximate surface area is 68.3 Å². The molecule has 1 aromatic rings. The highest BCUT2D eigenvalue weighted by molar-refractivity contribution is 5.33. The van der Waals surface area contributed by atoms with Crippen LogP contribution in [-0.2, 0) is 0 Å². The molecule has 1 aliphatic rings. The molecular formula is C11H14. The normalized spacial score (nSPS) is 16.9. The molecule has 0 aliphatic heterocycles. The molecule has 0 atom stereocenters. The van der Waals surface area contributed by atoms with Crippen molar-refractivity contribution in [3.8, 4) is 0 Å². The summed E-state index contributed by atoms with van der Waals surface area (Å²) in [7, 11) is 0. The predicted octanol–water partition coefficient (Wildman–Crippen LogP) is 3.18. The zero-order chi connectivity index (χ0) is 7.84. The van der Waals surface area contributed by atoms with Crippen LogP contribution in [0.15, 0.2) is 18.2 Å². The number of rotatable bonds is 1. The maximum Gasteiger partial charge on any atom is -0.0161 e. The molecule has 1 fully saturated rings. The highest BCUT2D eigenvalue weighted by atomic mass is 14.3. The molecule has 0 N–H and O–H groups in total. The Bertz CT molecular complexity index is 269. The summed E-state index contributed by atoms with van der Waals surface area (Å²) in [5, 5.41) is 0. The van der Waals surface area contributed by atoms with Crippen molar-refractivity contribution in [1.29, 1.82) is 0 Å². The molecule has 0 saturated heterocycles. The van der Waals surface area contributed by atoms with E-state index in [9.17, 15) is 0 Å². The summed E-state index contributed by atoms with van der Waals surface area (Å²) in [5.74, 6) is 0.897. The first-order valence-electron chi connectivity index (χ1n) is 4.34. The van der Waals surface area contributed by atoms with Crippen LogP contribution in [0.2, 0.25) is 0 Å². The summed E-state index contributed by atoms with van der Waals surface area (Å²) < 4.78 is 0.